The predicted molar refractivity (Wildman–Crippen MR) is 132 cm³/mol. The summed E-state index contributed by atoms with van der Waals surface area (Å²) in [4.78, 5) is 26.3. The Balaban J connectivity index is 1.23. The Labute approximate surface area is 206 Å². The highest BCUT2D eigenvalue weighted by Crippen LogP contribution is 2.30. The van der Waals surface area contributed by atoms with E-state index in [0.29, 0.717) is 35.1 Å². The highest BCUT2D eigenvalue weighted by molar-refractivity contribution is 6.11. The summed E-state index contributed by atoms with van der Waals surface area (Å²) in [7, 11) is 0. The number of nitrogens with one attached hydrogen (secondary N) is 1. The van der Waals surface area contributed by atoms with E-state index in [-0.39, 0.29) is 0 Å². The summed E-state index contributed by atoms with van der Waals surface area (Å²) in [6.07, 6.45) is 3.81. The van der Waals surface area contributed by atoms with Gasteiger partial charge in [0, 0.05) is 18.3 Å². The fourth-order valence-electron chi connectivity index (χ4n) is 4.58. The molecule has 4 aromatic rings. The van der Waals surface area contributed by atoms with E-state index in [9.17, 15) is 13.6 Å². The maximum absolute atomic E-state index is 13.8. The number of hydrogen-bond donors (Lipinski definition) is 1. The third-order valence-corrected chi connectivity index (χ3v) is 6.45. The van der Waals surface area contributed by atoms with E-state index in [2.05, 4.69) is 20.0 Å². The molecule has 1 aliphatic heterocycles. The number of rotatable bonds is 7. The van der Waals surface area contributed by atoms with Crippen molar-refractivity contribution >= 4 is 16.8 Å². The maximum Gasteiger partial charge on any atom is 0.417 e. The molecule has 0 saturated carbocycles. The van der Waals surface area contributed by atoms with Gasteiger partial charge in [-0.05, 0) is 86.3 Å². The van der Waals surface area contributed by atoms with Crippen LogP contribution in [0.25, 0.3) is 11.1 Å². The summed E-state index contributed by atoms with van der Waals surface area (Å²) in [5.74, 6) is -1.87. The van der Waals surface area contributed by atoms with Gasteiger partial charge < -0.3 is 9.25 Å². The van der Waals surface area contributed by atoms with Crippen LogP contribution in [-0.2, 0) is 11.4 Å². The summed E-state index contributed by atoms with van der Waals surface area (Å²) in [5, 5.41) is 4.09. The summed E-state index contributed by atoms with van der Waals surface area (Å²) >= 11 is 0. The lowest BCUT2D eigenvalue weighted by Crippen LogP contribution is -2.32. The average Bonchev–Trinajstić information content (AvgIpc) is 3.27. The molecule has 0 aliphatic carbocycles. The number of pyridine rings is 1. The quantitative estimate of drug-likeness (QED) is 0.291. The number of halogens is 2. The van der Waals surface area contributed by atoms with E-state index in [4.69, 9.17) is 9.25 Å². The number of hydrogen-bond acceptors (Lipinski definition) is 6. The number of fused-ring (bicyclic) bond motifs is 1. The highest BCUT2D eigenvalue weighted by atomic mass is 19.2. The van der Waals surface area contributed by atoms with Crippen molar-refractivity contribution in [2.24, 2.45) is 5.16 Å². The first-order valence-electron chi connectivity index (χ1n) is 12.0. The summed E-state index contributed by atoms with van der Waals surface area (Å²) in [5.41, 5.74) is 4.84. The minimum absolute atomic E-state index is 0.342. The normalized spacial score (nSPS) is 15.5. The van der Waals surface area contributed by atoms with Gasteiger partial charge in [0.2, 0.25) is 0 Å². The minimum atomic E-state index is -0.949. The van der Waals surface area contributed by atoms with E-state index in [1.54, 1.807) is 13.1 Å². The molecule has 1 N–H and O–H groups in total. The molecule has 186 valence electrons. The molecule has 7 nitrogen and oxygen atoms in total. The largest absolute Gasteiger partial charge is 0.417 e. The summed E-state index contributed by atoms with van der Waals surface area (Å²) in [6.45, 7) is 4.78. The van der Waals surface area contributed by atoms with Crippen LogP contribution in [0.4, 0.5) is 8.78 Å². The zero-order valence-corrected chi connectivity index (χ0v) is 19.8. The molecular weight excluding hydrogens is 466 g/mol. The molecule has 0 bridgehead atoms. The SMILES string of the molecule is CCON=C(c1ccc(F)c(F)c1)c1ccc(CN2CCC(c3ccc4oc(=O)[nH]c4c3)CC2)cn1. The number of H-pyrrole nitrogens is 1. The smallest absolute Gasteiger partial charge is 0.408 e. The Morgan fingerprint density at radius 1 is 1.14 bits per heavy atom. The molecule has 2 aromatic heterocycles. The van der Waals surface area contributed by atoms with Crippen molar-refractivity contribution in [3.05, 3.63) is 99.3 Å². The van der Waals surface area contributed by atoms with E-state index < -0.39 is 17.4 Å². The van der Waals surface area contributed by atoms with Crippen LogP contribution in [0.3, 0.4) is 0 Å². The van der Waals surface area contributed by atoms with Gasteiger partial charge in [-0.3, -0.25) is 14.9 Å². The van der Waals surface area contributed by atoms with Gasteiger partial charge in [0.1, 0.15) is 12.3 Å². The second-order valence-corrected chi connectivity index (χ2v) is 8.86. The molecule has 0 unspecified atom stereocenters. The first kappa shape index (κ1) is 23.9. The van der Waals surface area contributed by atoms with E-state index in [1.165, 1.54) is 11.6 Å². The van der Waals surface area contributed by atoms with Crippen LogP contribution in [0.5, 0.6) is 0 Å². The predicted octanol–water partition coefficient (Wildman–Crippen LogP) is 4.96. The molecule has 1 aliphatic rings. The molecule has 9 heteroatoms. The lowest BCUT2D eigenvalue weighted by atomic mass is 9.89. The number of aromatic nitrogens is 2. The van der Waals surface area contributed by atoms with Crippen molar-refractivity contribution in [1.82, 2.24) is 14.9 Å². The van der Waals surface area contributed by atoms with Gasteiger partial charge in [0.15, 0.2) is 17.2 Å². The molecule has 0 spiro atoms. The molecule has 2 aromatic carbocycles. The number of oxazole rings is 1. The van der Waals surface area contributed by atoms with E-state index in [1.807, 2.05) is 30.3 Å². The van der Waals surface area contributed by atoms with Gasteiger partial charge in [0.05, 0.1) is 11.2 Å². The first-order valence-corrected chi connectivity index (χ1v) is 12.0. The molecule has 0 amide bonds. The van der Waals surface area contributed by atoms with Gasteiger partial charge in [-0.1, -0.05) is 17.3 Å². The topological polar surface area (TPSA) is 83.7 Å². The molecule has 36 heavy (non-hydrogen) atoms. The molecule has 1 saturated heterocycles. The first-order chi connectivity index (χ1) is 17.5. The fraction of sp³-hybridized carbons (Fsp3) is 0.296. The fourth-order valence-corrected chi connectivity index (χ4v) is 4.58. The Bertz CT molecular complexity index is 1440. The van der Waals surface area contributed by atoms with Gasteiger partial charge >= 0.3 is 5.76 Å². The van der Waals surface area contributed by atoms with Crippen molar-refractivity contribution < 1.29 is 18.0 Å². The summed E-state index contributed by atoms with van der Waals surface area (Å²) in [6, 6.07) is 13.3. The number of piperidine rings is 1. The second kappa shape index (κ2) is 10.4. The Hall–Kier alpha value is -3.85. The third kappa shape index (κ3) is 5.21. The van der Waals surface area contributed by atoms with Crippen molar-refractivity contribution in [1.29, 1.82) is 0 Å². The van der Waals surface area contributed by atoms with Crippen LogP contribution in [0.15, 0.2) is 69.1 Å². The van der Waals surface area contributed by atoms with Crippen LogP contribution < -0.4 is 5.76 Å². The van der Waals surface area contributed by atoms with Crippen LogP contribution >= 0.6 is 0 Å². The number of aromatic amines is 1. The van der Waals surface area contributed by atoms with Crippen LogP contribution in [-0.4, -0.2) is 40.3 Å². The number of benzene rings is 2. The van der Waals surface area contributed by atoms with Crippen LogP contribution in [0.2, 0.25) is 0 Å². The number of likely N-dealkylation sites (tertiary alicyclic amines) is 1. The number of nitrogens with zero attached hydrogens (tertiary/aromatic N) is 3. The van der Waals surface area contributed by atoms with Crippen molar-refractivity contribution in [2.45, 2.75) is 32.2 Å². The Kier molecular flexibility index (Phi) is 6.90. The van der Waals surface area contributed by atoms with Gasteiger partial charge in [-0.2, -0.15) is 0 Å². The zero-order valence-electron chi connectivity index (χ0n) is 19.8. The van der Waals surface area contributed by atoms with Gasteiger partial charge in [0.25, 0.3) is 0 Å². The monoisotopic (exact) mass is 492 g/mol. The molecule has 0 atom stereocenters. The average molecular weight is 493 g/mol. The molecule has 0 radical (unpaired) electrons. The van der Waals surface area contributed by atoms with Gasteiger partial charge in [-0.25, -0.2) is 13.6 Å². The zero-order chi connectivity index (χ0) is 25.1. The Morgan fingerprint density at radius 3 is 2.69 bits per heavy atom. The lowest BCUT2D eigenvalue weighted by molar-refractivity contribution is 0.159. The van der Waals surface area contributed by atoms with E-state index >= 15 is 0 Å². The van der Waals surface area contributed by atoms with Crippen LogP contribution in [0.1, 0.15) is 48.1 Å². The lowest BCUT2D eigenvalue weighted by Gasteiger charge is -2.32. The third-order valence-electron chi connectivity index (χ3n) is 6.45. The Morgan fingerprint density at radius 2 is 1.97 bits per heavy atom. The summed E-state index contributed by atoms with van der Waals surface area (Å²) < 4.78 is 32.3. The maximum atomic E-state index is 13.8. The number of oxime groups is 1. The minimum Gasteiger partial charge on any atom is -0.408 e. The molecule has 5 rings (SSSR count). The van der Waals surface area contributed by atoms with E-state index in [0.717, 1.165) is 55.7 Å². The van der Waals surface area contributed by atoms with Gasteiger partial charge in [-0.15, -0.1) is 0 Å². The second-order valence-electron chi connectivity index (χ2n) is 8.86. The molecule has 1 fully saturated rings. The highest BCUT2D eigenvalue weighted by Gasteiger charge is 2.22. The van der Waals surface area contributed by atoms with Crippen molar-refractivity contribution in [3.63, 3.8) is 0 Å². The molecule has 3 heterocycles. The van der Waals surface area contributed by atoms with Crippen molar-refractivity contribution in [3.8, 4) is 0 Å². The standard InChI is InChI=1S/C27H26F2N4O3/c1-2-35-32-26(20-4-6-21(28)22(29)13-20)23-7-3-17(15-30-23)16-33-11-9-18(10-12-33)19-5-8-25-24(14-19)31-27(34)36-25/h3-8,13-15,18H,2,9-12,16H2,1H3,(H,31,34). The van der Waals surface area contributed by atoms with Crippen LogP contribution in [0, 0.1) is 11.6 Å². The van der Waals surface area contributed by atoms with Crippen molar-refractivity contribution in [2.75, 3.05) is 19.7 Å². The molecular formula is C27H26F2N4O3.